The quantitative estimate of drug-likeness (QED) is 0.427. The minimum atomic E-state index is -0.492. The van der Waals surface area contributed by atoms with Crippen molar-refractivity contribution in [2.45, 2.75) is 5.16 Å². The van der Waals surface area contributed by atoms with Crippen molar-refractivity contribution < 1.29 is 0 Å². The number of imidazole rings is 1. The largest absolute Gasteiger partial charge is 0.326 e. The topological polar surface area (TPSA) is 17.8 Å². The molecule has 0 saturated carbocycles. The summed E-state index contributed by atoms with van der Waals surface area (Å²) < 4.78 is 2.15. The predicted molar refractivity (Wildman–Crippen MR) is 113 cm³/mol. The molecular formula is C22H16Cl2N2Si. The fourth-order valence-corrected chi connectivity index (χ4v) is 5.31. The van der Waals surface area contributed by atoms with Crippen LogP contribution < -0.4 is 5.19 Å². The molecule has 0 spiro atoms. The second kappa shape index (κ2) is 7.73. The van der Waals surface area contributed by atoms with Crippen molar-refractivity contribution in [1.82, 2.24) is 9.55 Å². The van der Waals surface area contributed by atoms with Crippen LogP contribution in [0.1, 0.15) is 11.1 Å². The van der Waals surface area contributed by atoms with Gasteiger partial charge < -0.3 is 4.57 Å². The van der Waals surface area contributed by atoms with E-state index in [0.29, 0.717) is 19.6 Å². The van der Waals surface area contributed by atoms with Gasteiger partial charge in [-0.2, -0.15) is 0 Å². The average molecular weight is 407 g/mol. The first-order valence-electron chi connectivity index (χ1n) is 8.52. The molecule has 0 fully saturated rings. The summed E-state index contributed by atoms with van der Waals surface area (Å²) in [6.45, 7) is 0. The zero-order chi connectivity index (χ0) is 18.7. The molecule has 1 aromatic heterocycles. The third kappa shape index (κ3) is 3.59. The van der Waals surface area contributed by atoms with Gasteiger partial charge in [0.25, 0.3) is 0 Å². The lowest BCUT2D eigenvalue weighted by Crippen LogP contribution is -2.46. The lowest BCUT2D eigenvalue weighted by molar-refractivity contribution is 0.596. The van der Waals surface area contributed by atoms with Gasteiger partial charge in [-0.3, -0.25) is 0 Å². The number of aromatic nitrogens is 2. The van der Waals surface area contributed by atoms with Crippen LogP contribution in [0.3, 0.4) is 0 Å². The summed E-state index contributed by atoms with van der Waals surface area (Å²) in [5.74, 6) is 0. The molecule has 132 valence electrons. The smallest absolute Gasteiger partial charge is 0.127 e. The molecular weight excluding hydrogens is 391 g/mol. The molecule has 0 atom stereocenters. The Kier molecular flexibility index (Phi) is 5.17. The molecule has 0 N–H and O–H groups in total. The van der Waals surface area contributed by atoms with Gasteiger partial charge in [0.15, 0.2) is 0 Å². The van der Waals surface area contributed by atoms with Crippen molar-refractivity contribution in [3.63, 3.8) is 0 Å². The van der Waals surface area contributed by atoms with Crippen molar-refractivity contribution in [3.8, 4) is 0 Å². The molecule has 1 heterocycles. The van der Waals surface area contributed by atoms with Gasteiger partial charge in [-0.15, -0.1) is 0 Å². The fraction of sp³-hybridized carbons (Fsp3) is 0.0455. The van der Waals surface area contributed by atoms with Gasteiger partial charge in [0, 0.05) is 22.4 Å². The molecule has 0 bridgehead atoms. The molecule has 0 aliphatic heterocycles. The van der Waals surface area contributed by atoms with Crippen LogP contribution in [0.25, 0.3) is 0 Å². The summed E-state index contributed by atoms with van der Waals surface area (Å²) in [4.78, 5) is 4.33. The average Bonchev–Trinajstić information content (AvgIpc) is 3.22. The lowest BCUT2D eigenvalue weighted by atomic mass is 9.97. The summed E-state index contributed by atoms with van der Waals surface area (Å²) in [6, 6.07) is 26.5. The van der Waals surface area contributed by atoms with Gasteiger partial charge in [0.05, 0.1) is 11.5 Å². The molecule has 0 aliphatic rings. The Labute approximate surface area is 171 Å². The van der Waals surface area contributed by atoms with E-state index in [1.54, 1.807) is 6.20 Å². The molecule has 4 aromatic rings. The zero-order valence-corrected chi connectivity index (χ0v) is 16.9. The Hall–Kier alpha value is -2.33. The van der Waals surface area contributed by atoms with E-state index in [0.717, 1.165) is 11.1 Å². The van der Waals surface area contributed by atoms with E-state index < -0.39 is 5.16 Å². The van der Waals surface area contributed by atoms with Gasteiger partial charge in [-0.05, 0) is 35.4 Å². The van der Waals surface area contributed by atoms with Gasteiger partial charge >= 0.3 is 0 Å². The minimum Gasteiger partial charge on any atom is -0.326 e. The molecule has 0 saturated heterocycles. The number of halogens is 2. The molecule has 3 aromatic carbocycles. The third-order valence-corrected chi connectivity index (χ3v) is 6.77. The molecule has 0 unspecified atom stereocenters. The van der Waals surface area contributed by atoms with Crippen molar-refractivity contribution >= 4 is 37.9 Å². The van der Waals surface area contributed by atoms with Crippen molar-refractivity contribution in [3.05, 3.63) is 119 Å². The third-order valence-electron chi connectivity index (χ3n) is 4.48. The second-order valence-electron chi connectivity index (χ2n) is 6.19. The van der Waals surface area contributed by atoms with Gasteiger partial charge in [-0.1, -0.05) is 83.0 Å². The fourth-order valence-electron chi connectivity index (χ4n) is 3.29. The Balaban J connectivity index is 2.02. The molecule has 0 aliphatic carbocycles. The van der Waals surface area contributed by atoms with Crippen LogP contribution >= 0.6 is 23.2 Å². The van der Waals surface area contributed by atoms with Crippen LogP contribution in [-0.2, 0) is 5.16 Å². The molecule has 0 amide bonds. The van der Waals surface area contributed by atoms with Crippen LogP contribution in [0.15, 0.2) is 97.6 Å². The number of rotatable bonds is 5. The Morgan fingerprint density at radius 3 is 1.93 bits per heavy atom. The Morgan fingerprint density at radius 1 is 0.778 bits per heavy atom. The molecule has 2 nitrogen and oxygen atoms in total. The first-order valence-corrected chi connectivity index (χ1v) is 10.3. The maximum atomic E-state index is 6.39. The van der Waals surface area contributed by atoms with Crippen LogP contribution in [0.5, 0.6) is 0 Å². The maximum absolute atomic E-state index is 6.39. The van der Waals surface area contributed by atoms with Crippen LogP contribution in [0.2, 0.25) is 10.0 Å². The normalized spacial score (nSPS) is 11.5. The van der Waals surface area contributed by atoms with E-state index in [1.807, 2.05) is 55.0 Å². The number of benzene rings is 3. The second-order valence-corrected chi connectivity index (χ2v) is 8.62. The van der Waals surface area contributed by atoms with Crippen LogP contribution in [0.4, 0.5) is 0 Å². The number of hydrogen-bond donors (Lipinski definition) is 0. The number of nitrogens with zero attached hydrogens (tertiary/aromatic N) is 2. The molecule has 4 rings (SSSR count). The van der Waals surface area contributed by atoms with E-state index in [9.17, 15) is 0 Å². The summed E-state index contributed by atoms with van der Waals surface area (Å²) in [5.41, 5.74) is 2.19. The molecule has 5 heteroatoms. The summed E-state index contributed by atoms with van der Waals surface area (Å²) in [6.07, 6.45) is 5.66. The zero-order valence-electron chi connectivity index (χ0n) is 14.4. The minimum absolute atomic E-state index is 0.414. The van der Waals surface area contributed by atoms with Crippen molar-refractivity contribution in [1.29, 1.82) is 0 Å². The van der Waals surface area contributed by atoms with Crippen molar-refractivity contribution in [2.75, 3.05) is 0 Å². The highest BCUT2D eigenvalue weighted by Gasteiger charge is 2.37. The first-order chi connectivity index (χ1) is 13.2. The molecule has 27 heavy (non-hydrogen) atoms. The molecule has 2 radical (unpaired) electrons. The highest BCUT2D eigenvalue weighted by Crippen LogP contribution is 2.35. The Bertz CT molecular complexity index is 988. The van der Waals surface area contributed by atoms with E-state index >= 15 is 0 Å². The van der Waals surface area contributed by atoms with Gasteiger partial charge in [0.2, 0.25) is 0 Å². The monoisotopic (exact) mass is 406 g/mol. The summed E-state index contributed by atoms with van der Waals surface area (Å²) in [5, 5.41) is 2.16. The number of hydrogen-bond acceptors (Lipinski definition) is 1. The van der Waals surface area contributed by atoms with E-state index in [4.69, 9.17) is 23.2 Å². The summed E-state index contributed by atoms with van der Waals surface area (Å²) in [7, 11) is 0.414. The SMILES string of the molecule is Clc1cccc(C([Si]c2ccccc2)(c2cccc(Cl)c2)n2ccnc2)c1. The maximum Gasteiger partial charge on any atom is 0.127 e. The van der Waals surface area contributed by atoms with Crippen LogP contribution in [-0.4, -0.2) is 19.1 Å². The standard InChI is InChI=1S/C22H16Cl2N2Si/c23-19-8-4-6-17(14-19)22(26-13-12-25-16-26,18-7-5-9-20(24)15-18)27-21-10-2-1-3-11-21/h1-16H. The first kappa shape index (κ1) is 18.0. The lowest BCUT2D eigenvalue weighted by Gasteiger charge is -2.36. The Morgan fingerprint density at radius 2 is 1.41 bits per heavy atom. The predicted octanol–water partition coefficient (Wildman–Crippen LogP) is 4.97. The van der Waals surface area contributed by atoms with E-state index in [1.165, 1.54) is 5.19 Å². The van der Waals surface area contributed by atoms with E-state index in [2.05, 4.69) is 45.9 Å². The highest BCUT2D eigenvalue weighted by atomic mass is 35.5. The van der Waals surface area contributed by atoms with Gasteiger partial charge in [0.1, 0.15) is 9.52 Å². The van der Waals surface area contributed by atoms with E-state index in [-0.39, 0.29) is 0 Å². The highest BCUT2D eigenvalue weighted by molar-refractivity contribution is 6.57. The van der Waals surface area contributed by atoms with Gasteiger partial charge in [-0.25, -0.2) is 4.98 Å². The van der Waals surface area contributed by atoms with Crippen LogP contribution in [0, 0.1) is 0 Å². The summed E-state index contributed by atoms with van der Waals surface area (Å²) >= 11 is 12.8. The van der Waals surface area contributed by atoms with Crippen molar-refractivity contribution in [2.24, 2.45) is 0 Å².